The van der Waals surface area contributed by atoms with Gasteiger partial charge in [-0.05, 0) is 24.6 Å². The average molecular weight is 316 g/mol. The minimum absolute atomic E-state index is 0.305. The summed E-state index contributed by atoms with van der Waals surface area (Å²) in [6, 6.07) is 5.37. The van der Waals surface area contributed by atoms with Crippen LogP contribution in [-0.2, 0) is 0 Å². The first kappa shape index (κ1) is 15.5. The molecule has 1 aliphatic heterocycles. The van der Waals surface area contributed by atoms with E-state index in [1.54, 1.807) is 12.3 Å². The predicted molar refractivity (Wildman–Crippen MR) is 89.6 cm³/mol. The summed E-state index contributed by atoms with van der Waals surface area (Å²) in [5.74, 6) is 2.10. The van der Waals surface area contributed by atoms with E-state index in [9.17, 15) is 4.39 Å². The Morgan fingerprint density at radius 3 is 2.70 bits per heavy atom. The summed E-state index contributed by atoms with van der Waals surface area (Å²) in [5, 5.41) is 0. The maximum absolute atomic E-state index is 13.0. The molecule has 0 aliphatic carbocycles. The number of halogens is 1. The highest BCUT2D eigenvalue weighted by atomic mass is 19.1. The van der Waals surface area contributed by atoms with Crippen molar-refractivity contribution in [1.29, 1.82) is 0 Å². The summed E-state index contributed by atoms with van der Waals surface area (Å²) in [7, 11) is 5.94. The fourth-order valence-electron chi connectivity index (χ4n) is 2.74. The molecule has 122 valence electrons. The van der Waals surface area contributed by atoms with Crippen LogP contribution in [0, 0.1) is 5.82 Å². The molecule has 1 atom stereocenters. The highest BCUT2D eigenvalue weighted by molar-refractivity contribution is 5.45. The van der Waals surface area contributed by atoms with Crippen LogP contribution in [0.15, 0.2) is 30.6 Å². The van der Waals surface area contributed by atoms with Crippen molar-refractivity contribution in [2.45, 2.75) is 12.5 Å². The van der Waals surface area contributed by atoms with Crippen LogP contribution in [0.1, 0.15) is 6.42 Å². The van der Waals surface area contributed by atoms with Gasteiger partial charge in [-0.3, -0.25) is 0 Å². The Hall–Kier alpha value is -2.44. The molecule has 3 rings (SSSR count). The second-order valence-electron chi connectivity index (χ2n) is 5.94. The molecular weight excluding hydrogens is 295 g/mol. The van der Waals surface area contributed by atoms with Gasteiger partial charge in [0.25, 0.3) is 0 Å². The van der Waals surface area contributed by atoms with Crippen molar-refractivity contribution in [3.63, 3.8) is 0 Å². The predicted octanol–water partition coefficient (Wildman–Crippen LogP) is 1.79. The number of pyridine rings is 1. The van der Waals surface area contributed by atoms with Crippen LogP contribution in [0.2, 0.25) is 0 Å². The Kier molecular flexibility index (Phi) is 4.27. The Morgan fingerprint density at radius 2 is 2.00 bits per heavy atom. The first-order valence-corrected chi connectivity index (χ1v) is 7.64. The summed E-state index contributed by atoms with van der Waals surface area (Å²) < 4.78 is 13.0. The van der Waals surface area contributed by atoms with E-state index < -0.39 is 0 Å². The number of hydrogen-bond donors (Lipinski definition) is 0. The van der Waals surface area contributed by atoms with Crippen LogP contribution < -0.4 is 14.7 Å². The van der Waals surface area contributed by atoms with Crippen LogP contribution in [0.3, 0.4) is 0 Å². The first-order chi connectivity index (χ1) is 11.0. The van der Waals surface area contributed by atoms with Crippen LogP contribution in [0.5, 0.6) is 0 Å². The molecule has 2 aromatic rings. The molecule has 1 fully saturated rings. The van der Waals surface area contributed by atoms with Gasteiger partial charge in [0.15, 0.2) is 0 Å². The Labute approximate surface area is 135 Å². The molecular formula is C16H21FN6. The third-order valence-corrected chi connectivity index (χ3v) is 4.15. The molecule has 0 saturated carbocycles. The molecule has 6 nitrogen and oxygen atoms in total. The van der Waals surface area contributed by atoms with Crippen molar-refractivity contribution in [3.05, 3.63) is 36.4 Å². The quantitative estimate of drug-likeness (QED) is 0.857. The number of likely N-dealkylation sites (N-methyl/N-ethyl adjacent to an activating group) is 1. The highest BCUT2D eigenvalue weighted by Crippen LogP contribution is 2.23. The second kappa shape index (κ2) is 6.36. The van der Waals surface area contributed by atoms with E-state index in [1.807, 2.05) is 32.1 Å². The van der Waals surface area contributed by atoms with Crippen molar-refractivity contribution in [1.82, 2.24) is 15.0 Å². The maximum atomic E-state index is 13.0. The lowest BCUT2D eigenvalue weighted by atomic mass is 10.2. The number of rotatable bonds is 4. The molecule has 0 bridgehead atoms. The minimum atomic E-state index is -0.310. The van der Waals surface area contributed by atoms with Gasteiger partial charge in [0.2, 0.25) is 5.95 Å². The zero-order valence-electron chi connectivity index (χ0n) is 13.6. The number of hydrogen-bond acceptors (Lipinski definition) is 6. The molecule has 1 saturated heterocycles. The van der Waals surface area contributed by atoms with Gasteiger partial charge < -0.3 is 14.7 Å². The van der Waals surface area contributed by atoms with Crippen molar-refractivity contribution in [2.24, 2.45) is 0 Å². The van der Waals surface area contributed by atoms with Gasteiger partial charge >= 0.3 is 0 Å². The SMILES string of the molecule is CN(C)c1ccnc(N(C)C2CCN(c3ccc(F)cn3)C2)n1. The summed E-state index contributed by atoms with van der Waals surface area (Å²) >= 11 is 0. The van der Waals surface area contributed by atoms with E-state index in [0.717, 1.165) is 37.1 Å². The van der Waals surface area contributed by atoms with E-state index in [-0.39, 0.29) is 5.82 Å². The number of aromatic nitrogens is 3. The van der Waals surface area contributed by atoms with Gasteiger partial charge in [-0.25, -0.2) is 14.4 Å². The van der Waals surface area contributed by atoms with Gasteiger partial charge in [-0.1, -0.05) is 0 Å². The zero-order chi connectivity index (χ0) is 16.4. The summed E-state index contributed by atoms with van der Waals surface area (Å²) in [5.41, 5.74) is 0. The average Bonchev–Trinajstić information content (AvgIpc) is 3.05. The number of anilines is 3. The van der Waals surface area contributed by atoms with E-state index >= 15 is 0 Å². The molecule has 0 amide bonds. The van der Waals surface area contributed by atoms with Crippen molar-refractivity contribution in [3.8, 4) is 0 Å². The van der Waals surface area contributed by atoms with Crippen LogP contribution in [-0.4, -0.2) is 55.2 Å². The third kappa shape index (κ3) is 3.33. The number of nitrogens with zero attached hydrogens (tertiary/aromatic N) is 6. The molecule has 0 radical (unpaired) electrons. The standard InChI is InChI=1S/C16H21FN6/c1-21(2)15-6-8-18-16(20-15)22(3)13-7-9-23(11-13)14-5-4-12(17)10-19-14/h4-6,8,10,13H,7,9,11H2,1-3H3. The first-order valence-electron chi connectivity index (χ1n) is 7.64. The van der Waals surface area contributed by atoms with Crippen molar-refractivity contribution < 1.29 is 4.39 Å². The molecule has 0 N–H and O–H groups in total. The molecule has 1 aliphatic rings. The maximum Gasteiger partial charge on any atom is 0.227 e. The summed E-state index contributed by atoms with van der Waals surface area (Å²) in [6.07, 6.45) is 4.03. The Bertz CT molecular complexity index is 660. The smallest absolute Gasteiger partial charge is 0.227 e. The Morgan fingerprint density at radius 1 is 1.17 bits per heavy atom. The largest absolute Gasteiger partial charge is 0.363 e. The zero-order valence-corrected chi connectivity index (χ0v) is 13.6. The van der Waals surface area contributed by atoms with Gasteiger partial charge in [0.05, 0.1) is 12.2 Å². The monoisotopic (exact) mass is 316 g/mol. The molecule has 3 heterocycles. The van der Waals surface area contributed by atoms with Crippen LogP contribution >= 0.6 is 0 Å². The summed E-state index contributed by atoms with van der Waals surface area (Å²) in [6.45, 7) is 1.71. The highest BCUT2D eigenvalue weighted by Gasteiger charge is 2.28. The fraction of sp³-hybridized carbons (Fsp3) is 0.438. The van der Waals surface area contributed by atoms with Crippen LogP contribution in [0.4, 0.5) is 22.0 Å². The van der Waals surface area contributed by atoms with E-state index in [4.69, 9.17) is 0 Å². The summed E-state index contributed by atoms with van der Waals surface area (Å²) in [4.78, 5) is 19.4. The van der Waals surface area contributed by atoms with Gasteiger partial charge in [-0.15, -0.1) is 0 Å². The van der Waals surface area contributed by atoms with E-state index in [1.165, 1.54) is 12.3 Å². The Balaban J connectivity index is 1.71. The molecule has 0 aromatic carbocycles. The van der Waals surface area contributed by atoms with Gasteiger partial charge in [0.1, 0.15) is 17.5 Å². The van der Waals surface area contributed by atoms with Gasteiger partial charge in [-0.2, -0.15) is 4.98 Å². The molecule has 1 unspecified atom stereocenters. The third-order valence-electron chi connectivity index (χ3n) is 4.15. The van der Waals surface area contributed by atoms with E-state index in [0.29, 0.717) is 6.04 Å². The van der Waals surface area contributed by atoms with Gasteiger partial charge in [0, 0.05) is 40.4 Å². The molecule has 7 heteroatoms. The second-order valence-corrected chi connectivity index (χ2v) is 5.94. The van der Waals surface area contributed by atoms with Crippen molar-refractivity contribution >= 4 is 17.6 Å². The topological polar surface area (TPSA) is 48.4 Å². The van der Waals surface area contributed by atoms with Crippen LogP contribution in [0.25, 0.3) is 0 Å². The fourth-order valence-corrected chi connectivity index (χ4v) is 2.74. The lowest BCUT2D eigenvalue weighted by Gasteiger charge is -2.26. The van der Waals surface area contributed by atoms with Crippen molar-refractivity contribution in [2.75, 3.05) is 48.9 Å². The normalized spacial score (nSPS) is 17.4. The molecule has 2 aromatic heterocycles. The molecule has 0 spiro atoms. The lowest BCUT2D eigenvalue weighted by Crippen LogP contribution is -2.36. The minimum Gasteiger partial charge on any atom is -0.363 e. The lowest BCUT2D eigenvalue weighted by molar-refractivity contribution is 0.620. The van der Waals surface area contributed by atoms with E-state index in [2.05, 4.69) is 24.8 Å². The molecule has 23 heavy (non-hydrogen) atoms.